The second-order valence-corrected chi connectivity index (χ2v) is 4.14. The van der Waals surface area contributed by atoms with Crippen molar-refractivity contribution in [1.29, 1.82) is 0 Å². The molecule has 112 valence electrons. The van der Waals surface area contributed by atoms with E-state index in [2.05, 4.69) is 0 Å². The first-order chi connectivity index (χ1) is 7.20. The van der Waals surface area contributed by atoms with E-state index in [1.807, 2.05) is 0 Å². The van der Waals surface area contributed by atoms with E-state index in [4.69, 9.17) is 82.3 Å². The predicted octanol–water partition coefficient (Wildman–Crippen LogP) is 0.214. The van der Waals surface area contributed by atoms with Crippen LogP contribution in [0, 0.1) is 0 Å². The standard InChI is InChI=1S/CHCl3.2CH2O3.Mg.Na.H2O4S.3H/c3*2-1(3)4;;;1-5(2,3)4;;;/h1H;2*(H2,2,3,4);;;(H2,1,2,3,4);;;. The average molecular weight is 392 g/mol. The molecule has 0 radical (unpaired) electrons. The molecule has 0 rings (SSSR count). The van der Waals surface area contributed by atoms with Crippen LogP contribution in [0.25, 0.3) is 0 Å². The van der Waals surface area contributed by atoms with E-state index < -0.39 is 27.0 Å². The van der Waals surface area contributed by atoms with Gasteiger partial charge in [-0.25, -0.2) is 9.59 Å². The van der Waals surface area contributed by atoms with Crippen LogP contribution in [0.1, 0.15) is 0 Å². The van der Waals surface area contributed by atoms with Gasteiger partial charge in [0.1, 0.15) is 0 Å². The molecule has 0 aromatic rings. The molecule has 0 saturated carbocycles. The molecule has 0 aliphatic heterocycles. The summed E-state index contributed by atoms with van der Waals surface area (Å²) < 4.78 is 30.8. The molecule has 0 aliphatic rings. The molecule has 0 atom stereocenters. The molecule has 0 bridgehead atoms. The molecule has 0 aromatic heterocycles. The van der Waals surface area contributed by atoms with Crippen molar-refractivity contribution in [3.63, 3.8) is 0 Å². The van der Waals surface area contributed by atoms with Crippen molar-refractivity contribution in [2.75, 3.05) is 0 Å². The van der Waals surface area contributed by atoms with Gasteiger partial charge in [0.15, 0.2) is 4.30 Å². The minimum absolute atomic E-state index is 0. The van der Waals surface area contributed by atoms with Gasteiger partial charge in [0.2, 0.25) is 0 Å². The Hall–Kier alpha value is 1.05. The van der Waals surface area contributed by atoms with Gasteiger partial charge in [0.05, 0.1) is 0 Å². The van der Waals surface area contributed by atoms with Gasteiger partial charge < -0.3 is 20.4 Å². The molecule has 0 spiro atoms. The quantitative estimate of drug-likeness (QED) is 0.189. The zero-order chi connectivity index (χ0) is 15.2. The fraction of sp³-hybridized carbons (Fsp3) is 0.333. The van der Waals surface area contributed by atoms with Gasteiger partial charge in [0, 0.05) is 0 Å². The Morgan fingerprint density at radius 3 is 0.842 bits per heavy atom. The average Bonchev–Trinajstić information content (AvgIpc) is 1.73. The van der Waals surface area contributed by atoms with Crippen molar-refractivity contribution in [1.82, 2.24) is 0 Å². The molecule has 0 unspecified atom stereocenters. The molecule has 0 amide bonds. The van der Waals surface area contributed by atoms with E-state index in [1.165, 1.54) is 0 Å². The van der Waals surface area contributed by atoms with Gasteiger partial charge in [-0.1, -0.05) is 34.8 Å². The monoisotopic (exact) mass is 390 g/mol. The van der Waals surface area contributed by atoms with Gasteiger partial charge in [-0.15, -0.1) is 0 Å². The van der Waals surface area contributed by atoms with Gasteiger partial charge in [-0.2, -0.15) is 8.42 Å². The van der Waals surface area contributed by atoms with Gasteiger partial charge in [-0.05, 0) is 0 Å². The SMILES string of the molecule is ClC(Cl)Cl.O=C(O)O.O=C(O)O.O=S(=O)(O)O.[MgH2].[NaH]. The third-order valence-electron chi connectivity index (χ3n) is 0. The number of hydrogen-bond acceptors (Lipinski definition) is 4. The minimum atomic E-state index is -4.67. The second kappa shape index (κ2) is 24.1. The maximum atomic E-state index is 8.74. The molecule has 0 aliphatic carbocycles. The van der Waals surface area contributed by atoms with Gasteiger partial charge >= 0.3 is 75.3 Å². The van der Waals surface area contributed by atoms with Crippen LogP contribution < -0.4 is 0 Å². The number of hydrogen-bond donors (Lipinski definition) is 6. The summed E-state index contributed by atoms with van der Waals surface area (Å²) in [6.45, 7) is 0. The second-order valence-electron chi connectivity index (χ2n) is 1.26. The first-order valence-corrected chi connectivity index (χ1v) is 5.36. The predicted molar refractivity (Wildman–Crippen MR) is 72.5 cm³/mol. The van der Waals surface area contributed by atoms with Gasteiger partial charge in [0.25, 0.3) is 0 Å². The molecule has 19 heavy (non-hydrogen) atoms. The summed E-state index contributed by atoms with van der Waals surface area (Å²) in [4.78, 5) is 17.1. The first kappa shape index (κ1) is 36.9. The molecular weight excluding hydrogens is 382 g/mol. The van der Waals surface area contributed by atoms with Gasteiger partial charge in [-0.3, -0.25) is 9.11 Å². The Labute approximate surface area is 160 Å². The molecule has 16 heteroatoms. The molecule has 0 saturated heterocycles. The number of alkyl halides is 3. The summed E-state index contributed by atoms with van der Waals surface area (Å²) in [6.07, 6.45) is -3.67. The van der Waals surface area contributed by atoms with E-state index in [-0.39, 0.29) is 52.6 Å². The van der Waals surface area contributed by atoms with E-state index in [0.717, 1.165) is 0 Å². The van der Waals surface area contributed by atoms with Crippen LogP contribution in [0.4, 0.5) is 9.59 Å². The van der Waals surface area contributed by atoms with E-state index in [0.29, 0.717) is 0 Å². The molecule has 0 aromatic carbocycles. The van der Waals surface area contributed by atoms with Crippen molar-refractivity contribution in [2.24, 2.45) is 0 Å². The summed E-state index contributed by atoms with van der Waals surface area (Å²) in [6, 6.07) is 0. The molecule has 0 heterocycles. The van der Waals surface area contributed by atoms with Crippen molar-refractivity contribution in [3.8, 4) is 0 Å². The summed E-state index contributed by atoms with van der Waals surface area (Å²) >= 11 is 14.4. The first-order valence-electron chi connectivity index (χ1n) is 2.66. The topological polar surface area (TPSA) is 190 Å². The Balaban J connectivity index is -0.0000000288. The Morgan fingerprint density at radius 1 is 0.842 bits per heavy atom. The number of carbonyl (C=O) groups is 2. The van der Waals surface area contributed by atoms with Crippen molar-refractivity contribution < 1.29 is 47.5 Å². The Morgan fingerprint density at radius 2 is 0.842 bits per heavy atom. The Bertz CT molecular complexity index is 266. The van der Waals surface area contributed by atoms with Crippen LogP contribution in [0.2, 0.25) is 0 Å². The molecular formula is C3H10Cl3MgNaO10S. The van der Waals surface area contributed by atoms with E-state index in [9.17, 15) is 0 Å². The summed E-state index contributed by atoms with van der Waals surface area (Å²) in [5.41, 5.74) is 0. The zero-order valence-electron chi connectivity index (χ0n) is 7.44. The van der Waals surface area contributed by atoms with Crippen LogP contribution in [-0.4, -0.2) is 107 Å². The third-order valence-corrected chi connectivity index (χ3v) is 0. The van der Waals surface area contributed by atoms with E-state index in [1.54, 1.807) is 0 Å². The number of rotatable bonds is 0. The Kier molecular flexibility index (Phi) is 46.7. The third kappa shape index (κ3) is 5060. The maximum absolute atomic E-state index is 8.74. The number of halogens is 3. The fourth-order valence-corrected chi connectivity index (χ4v) is 0. The molecule has 10 nitrogen and oxygen atoms in total. The summed E-state index contributed by atoms with van der Waals surface area (Å²) in [5, 5.41) is 27.9. The van der Waals surface area contributed by atoms with Crippen LogP contribution in [0.3, 0.4) is 0 Å². The summed E-state index contributed by atoms with van der Waals surface area (Å²) in [7, 11) is -4.67. The zero-order valence-corrected chi connectivity index (χ0v) is 10.5. The molecule has 6 N–H and O–H groups in total. The van der Waals surface area contributed by atoms with Crippen LogP contribution >= 0.6 is 34.8 Å². The van der Waals surface area contributed by atoms with Crippen molar-refractivity contribution in [3.05, 3.63) is 0 Å². The normalized spacial score (nSPS) is 7.47. The molecule has 0 fully saturated rings. The van der Waals surface area contributed by atoms with Crippen LogP contribution in [0.15, 0.2) is 0 Å². The van der Waals surface area contributed by atoms with Crippen molar-refractivity contribution in [2.45, 2.75) is 4.30 Å². The number of carboxylic acid groups (broad SMARTS) is 4. The van der Waals surface area contributed by atoms with E-state index >= 15 is 0 Å². The van der Waals surface area contributed by atoms with Crippen molar-refractivity contribution >= 4 is 110 Å². The summed E-state index contributed by atoms with van der Waals surface area (Å²) in [5.74, 6) is 0. The van der Waals surface area contributed by atoms with Crippen LogP contribution in [0.5, 0.6) is 0 Å². The van der Waals surface area contributed by atoms with Crippen LogP contribution in [-0.2, 0) is 10.4 Å². The fourth-order valence-electron chi connectivity index (χ4n) is 0.